The van der Waals surface area contributed by atoms with Crippen LogP contribution in [-0.4, -0.2) is 50.5 Å². The molecule has 1 fully saturated rings. The van der Waals surface area contributed by atoms with Crippen LogP contribution in [0.2, 0.25) is 0 Å². The van der Waals surface area contributed by atoms with Gasteiger partial charge in [0.25, 0.3) is 0 Å². The van der Waals surface area contributed by atoms with Crippen molar-refractivity contribution in [3.05, 3.63) is 47.5 Å². The second-order valence-electron chi connectivity index (χ2n) is 7.64. The Morgan fingerprint density at radius 2 is 1.85 bits per heavy atom. The number of carboxylic acid groups (broad SMARTS) is 1. The number of benzene rings is 1. The number of carbonyl (C=O) groups is 1. The SMILES string of the molecule is O=C(O)Cc1cc(CSc2ncc3c(n2)c(N2CC(F)(F)C(F)(F)C2)cn3C(F)F)ccc1F. The van der Waals surface area contributed by atoms with Crippen molar-refractivity contribution in [2.45, 2.75) is 35.7 Å². The van der Waals surface area contributed by atoms with Crippen LogP contribution in [0, 0.1) is 5.82 Å². The van der Waals surface area contributed by atoms with Gasteiger partial charge >= 0.3 is 24.4 Å². The third-order valence-corrected chi connectivity index (χ3v) is 6.15. The average molecular weight is 508 g/mol. The van der Waals surface area contributed by atoms with Crippen molar-refractivity contribution >= 4 is 34.5 Å². The van der Waals surface area contributed by atoms with Gasteiger partial charge in [-0.25, -0.2) is 14.4 Å². The van der Waals surface area contributed by atoms with E-state index in [0.717, 1.165) is 30.2 Å². The molecular formula is C20H15F7N4O2S. The molecule has 3 heterocycles. The summed E-state index contributed by atoms with van der Waals surface area (Å²) in [5, 5.41) is 8.90. The quantitative estimate of drug-likeness (QED) is 0.276. The van der Waals surface area contributed by atoms with Crippen molar-refractivity contribution in [3.8, 4) is 0 Å². The first-order valence-corrected chi connectivity index (χ1v) is 10.6. The molecule has 3 aromatic rings. The van der Waals surface area contributed by atoms with E-state index in [-0.39, 0.29) is 33.2 Å². The summed E-state index contributed by atoms with van der Waals surface area (Å²) < 4.78 is 95.9. The van der Waals surface area contributed by atoms with Gasteiger partial charge in [-0.2, -0.15) is 26.3 Å². The van der Waals surface area contributed by atoms with Crippen molar-refractivity contribution in [1.82, 2.24) is 14.5 Å². The molecular weight excluding hydrogens is 493 g/mol. The monoisotopic (exact) mass is 508 g/mol. The average Bonchev–Trinajstić information content (AvgIpc) is 3.21. The third kappa shape index (κ3) is 4.50. The molecule has 6 nitrogen and oxygen atoms in total. The highest BCUT2D eigenvalue weighted by molar-refractivity contribution is 7.98. The maximum Gasteiger partial charge on any atom is 0.329 e. The van der Waals surface area contributed by atoms with E-state index < -0.39 is 49.7 Å². The highest BCUT2D eigenvalue weighted by Crippen LogP contribution is 2.44. The molecule has 1 N–H and O–H groups in total. The summed E-state index contributed by atoms with van der Waals surface area (Å²) in [7, 11) is 0. The number of fused-ring (bicyclic) bond motifs is 1. The summed E-state index contributed by atoms with van der Waals surface area (Å²) in [6.07, 6.45) is 1.30. The van der Waals surface area contributed by atoms with Crippen LogP contribution in [0.15, 0.2) is 35.7 Å². The van der Waals surface area contributed by atoms with Crippen LogP contribution < -0.4 is 4.90 Å². The minimum atomic E-state index is -4.34. The van der Waals surface area contributed by atoms with Crippen molar-refractivity contribution < 1.29 is 40.6 Å². The Morgan fingerprint density at radius 3 is 2.47 bits per heavy atom. The lowest BCUT2D eigenvalue weighted by Gasteiger charge is -2.15. The van der Waals surface area contributed by atoms with Crippen molar-refractivity contribution in [2.75, 3.05) is 18.0 Å². The molecule has 0 saturated carbocycles. The van der Waals surface area contributed by atoms with Gasteiger partial charge in [0.1, 0.15) is 11.3 Å². The number of aliphatic carboxylic acids is 1. The Labute approximate surface area is 191 Å². The van der Waals surface area contributed by atoms with E-state index in [2.05, 4.69) is 9.97 Å². The molecule has 0 aliphatic carbocycles. The predicted molar refractivity (Wildman–Crippen MR) is 108 cm³/mol. The highest BCUT2D eigenvalue weighted by atomic mass is 32.2. The zero-order valence-electron chi connectivity index (χ0n) is 17.0. The van der Waals surface area contributed by atoms with E-state index in [1.807, 2.05) is 0 Å². The van der Waals surface area contributed by atoms with Gasteiger partial charge in [0.05, 0.1) is 36.9 Å². The number of halogens is 7. The Morgan fingerprint density at radius 1 is 1.18 bits per heavy atom. The van der Waals surface area contributed by atoms with Crippen LogP contribution in [0.1, 0.15) is 17.7 Å². The lowest BCUT2D eigenvalue weighted by Crippen LogP contribution is -2.38. The maximum atomic E-state index is 13.8. The maximum absolute atomic E-state index is 13.8. The molecule has 1 aromatic carbocycles. The molecule has 34 heavy (non-hydrogen) atoms. The summed E-state index contributed by atoms with van der Waals surface area (Å²) >= 11 is 0.987. The van der Waals surface area contributed by atoms with Crippen LogP contribution in [-0.2, 0) is 17.0 Å². The summed E-state index contributed by atoms with van der Waals surface area (Å²) in [6.45, 7) is -5.82. The third-order valence-electron chi connectivity index (χ3n) is 5.21. The number of carboxylic acids is 1. The summed E-state index contributed by atoms with van der Waals surface area (Å²) in [5.74, 6) is -10.4. The zero-order chi connectivity index (χ0) is 24.8. The van der Waals surface area contributed by atoms with Crippen LogP contribution in [0.25, 0.3) is 11.0 Å². The molecule has 0 radical (unpaired) electrons. The Balaban J connectivity index is 1.63. The summed E-state index contributed by atoms with van der Waals surface area (Å²) in [4.78, 5) is 19.6. The first-order chi connectivity index (χ1) is 15.9. The van der Waals surface area contributed by atoms with Gasteiger partial charge in [0, 0.05) is 11.9 Å². The molecule has 0 amide bonds. The second kappa shape index (κ2) is 8.64. The topological polar surface area (TPSA) is 71.2 Å². The fraction of sp³-hybridized carbons (Fsp3) is 0.350. The number of alkyl halides is 6. The molecule has 0 unspecified atom stereocenters. The van der Waals surface area contributed by atoms with Gasteiger partial charge in [-0.15, -0.1) is 0 Å². The van der Waals surface area contributed by atoms with Crippen LogP contribution in [0.5, 0.6) is 0 Å². The van der Waals surface area contributed by atoms with E-state index in [4.69, 9.17) is 5.11 Å². The number of nitrogens with zero attached hydrogens (tertiary/aromatic N) is 4. The molecule has 4 rings (SSSR count). The fourth-order valence-electron chi connectivity index (χ4n) is 3.56. The molecule has 1 saturated heterocycles. The fourth-order valence-corrected chi connectivity index (χ4v) is 4.32. The molecule has 0 spiro atoms. The largest absolute Gasteiger partial charge is 0.481 e. The minimum absolute atomic E-state index is 0.0302. The lowest BCUT2D eigenvalue weighted by molar-refractivity contribution is -0.172. The van der Waals surface area contributed by atoms with E-state index in [1.54, 1.807) is 0 Å². The molecule has 14 heteroatoms. The Bertz CT molecular complexity index is 1240. The first kappa shape index (κ1) is 24.1. The van der Waals surface area contributed by atoms with E-state index in [9.17, 15) is 35.5 Å². The van der Waals surface area contributed by atoms with E-state index in [1.165, 1.54) is 12.1 Å². The lowest BCUT2D eigenvalue weighted by atomic mass is 10.1. The van der Waals surface area contributed by atoms with Gasteiger partial charge in [-0.1, -0.05) is 23.9 Å². The highest BCUT2D eigenvalue weighted by Gasteiger charge is 2.63. The summed E-state index contributed by atoms with van der Waals surface area (Å²) in [5.41, 5.74) is -0.234. The molecule has 0 atom stereocenters. The molecule has 1 aliphatic heterocycles. The normalized spacial score (nSPS) is 17.1. The van der Waals surface area contributed by atoms with Gasteiger partial charge in [-0.05, 0) is 17.2 Å². The number of rotatable bonds is 7. The zero-order valence-corrected chi connectivity index (χ0v) is 17.8. The van der Waals surface area contributed by atoms with Crippen molar-refractivity contribution in [3.63, 3.8) is 0 Å². The smallest absolute Gasteiger partial charge is 0.329 e. The number of aromatic nitrogens is 3. The van der Waals surface area contributed by atoms with Crippen LogP contribution >= 0.6 is 11.8 Å². The van der Waals surface area contributed by atoms with E-state index in [0.29, 0.717) is 15.0 Å². The Kier molecular flexibility index (Phi) is 6.12. The minimum Gasteiger partial charge on any atom is -0.481 e. The molecule has 182 valence electrons. The van der Waals surface area contributed by atoms with Crippen LogP contribution in [0.3, 0.4) is 0 Å². The van der Waals surface area contributed by atoms with Gasteiger partial charge in [-0.3, -0.25) is 9.36 Å². The number of hydrogen-bond acceptors (Lipinski definition) is 5. The summed E-state index contributed by atoms with van der Waals surface area (Å²) in [6, 6.07) is 3.87. The van der Waals surface area contributed by atoms with E-state index >= 15 is 0 Å². The Hall–Kier alpha value is -3.03. The van der Waals surface area contributed by atoms with Crippen molar-refractivity contribution in [2.24, 2.45) is 0 Å². The number of anilines is 1. The van der Waals surface area contributed by atoms with Gasteiger partial charge in [0.15, 0.2) is 5.16 Å². The van der Waals surface area contributed by atoms with Gasteiger partial charge < -0.3 is 10.0 Å². The van der Waals surface area contributed by atoms with Crippen molar-refractivity contribution in [1.29, 1.82) is 0 Å². The number of thioether (sulfide) groups is 1. The molecule has 1 aliphatic rings. The first-order valence-electron chi connectivity index (χ1n) is 9.66. The predicted octanol–water partition coefficient (Wildman–Crippen LogP) is 4.98. The molecule has 0 bridgehead atoms. The van der Waals surface area contributed by atoms with Gasteiger partial charge in [0.2, 0.25) is 0 Å². The van der Waals surface area contributed by atoms with Crippen LogP contribution in [0.4, 0.5) is 36.4 Å². The number of hydrogen-bond donors (Lipinski definition) is 1. The standard InChI is InChI=1S/C20H15F7N4O2S/c21-12-2-1-10(3-11(12)4-15(32)33)7-34-18-28-5-13-16(29-18)14(6-31(13)17(22)23)30-8-19(24,25)20(26,27)9-30/h1-3,5-6,17H,4,7-9H2,(H,32,33). The molecule has 2 aromatic heterocycles. The second-order valence-corrected chi connectivity index (χ2v) is 8.58.